The van der Waals surface area contributed by atoms with E-state index >= 15 is 0 Å². The number of benzene rings is 1. The number of alkyl halides is 3. The minimum atomic E-state index is -4.85. The van der Waals surface area contributed by atoms with Gasteiger partial charge in [-0.3, -0.25) is 4.79 Å². The van der Waals surface area contributed by atoms with E-state index in [1.165, 1.54) is 12.1 Å². The number of carbonyl (C=O) groups excluding carboxylic acids is 1. The van der Waals surface area contributed by atoms with Gasteiger partial charge in [-0.05, 0) is 48.7 Å². The Morgan fingerprint density at radius 1 is 1.19 bits per heavy atom. The molecule has 0 radical (unpaired) electrons. The fraction of sp³-hybridized carbons (Fsp3) is 0.200. The summed E-state index contributed by atoms with van der Waals surface area (Å²) in [5.74, 6) is -2.22. The second-order valence-electron chi connectivity index (χ2n) is 6.96. The van der Waals surface area contributed by atoms with E-state index in [9.17, 15) is 23.1 Å². The first-order valence-corrected chi connectivity index (χ1v) is 9.95. The molecule has 0 aliphatic carbocycles. The number of nitrogens with two attached hydrogens (primary N) is 1. The van der Waals surface area contributed by atoms with Crippen LogP contribution < -0.4 is 20.3 Å². The maximum atomic E-state index is 13.3. The molecular formula is C20H15F3N4O4S. The van der Waals surface area contributed by atoms with Gasteiger partial charge in [-0.25, -0.2) is 4.98 Å². The highest BCUT2D eigenvalue weighted by Crippen LogP contribution is 2.38. The summed E-state index contributed by atoms with van der Waals surface area (Å²) in [5, 5.41) is 16.5. The van der Waals surface area contributed by atoms with Crippen molar-refractivity contribution in [3.63, 3.8) is 0 Å². The Bertz CT molecular complexity index is 1360. The van der Waals surface area contributed by atoms with Gasteiger partial charge in [0, 0.05) is 23.2 Å². The van der Waals surface area contributed by atoms with E-state index in [1.807, 2.05) is 20.8 Å². The van der Waals surface area contributed by atoms with Crippen LogP contribution >= 0.6 is 11.3 Å². The zero-order valence-electron chi connectivity index (χ0n) is 16.9. The lowest BCUT2D eigenvalue weighted by Crippen LogP contribution is -2.39. The van der Waals surface area contributed by atoms with Gasteiger partial charge in [0.05, 0.1) is 11.0 Å². The van der Waals surface area contributed by atoms with Gasteiger partial charge in [0.25, 0.3) is 5.78 Å². The van der Waals surface area contributed by atoms with E-state index in [1.54, 1.807) is 0 Å². The smallest absolute Gasteiger partial charge is 0.539 e. The first-order valence-electron chi connectivity index (χ1n) is 9.13. The van der Waals surface area contributed by atoms with Crippen molar-refractivity contribution < 1.29 is 37.0 Å². The number of halogens is 3. The molecule has 3 aromatic heterocycles. The van der Waals surface area contributed by atoms with Crippen LogP contribution in [0.1, 0.15) is 32.2 Å². The zero-order chi connectivity index (χ0) is 23.4. The number of ether oxygens (including phenoxy) is 1. The first-order chi connectivity index (χ1) is 15.0. The predicted molar refractivity (Wildman–Crippen MR) is 106 cm³/mol. The Balaban J connectivity index is 1.78. The van der Waals surface area contributed by atoms with Crippen molar-refractivity contribution in [2.24, 2.45) is 0 Å². The topological polar surface area (TPSA) is 118 Å². The Labute approximate surface area is 182 Å². The van der Waals surface area contributed by atoms with Crippen molar-refractivity contribution in [2.75, 3.05) is 5.73 Å². The number of thiophene rings is 1. The van der Waals surface area contributed by atoms with Crippen molar-refractivity contribution in [1.29, 1.82) is 0 Å². The highest BCUT2D eigenvalue weighted by Gasteiger charge is 2.34. The molecule has 0 amide bonds. The summed E-state index contributed by atoms with van der Waals surface area (Å²) < 4.78 is 46.5. The largest absolute Gasteiger partial charge is 0.573 e. The van der Waals surface area contributed by atoms with Gasteiger partial charge < -0.3 is 20.1 Å². The number of fused-ring (bicyclic) bond motifs is 1. The summed E-state index contributed by atoms with van der Waals surface area (Å²) in [6, 6.07) is 4.45. The number of carbonyl (C=O) groups is 1. The second kappa shape index (κ2) is 7.48. The number of rotatable bonds is 4. The molecular weight excluding hydrogens is 449 g/mol. The Kier molecular flexibility index (Phi) is 5.04. The maximum Gasteiger partial charge on any atom is 0.573 e. The molecule has 8 nitrogen and oxygen atoms in total. The van der Waals surface area contributed by atoms with E-state index in [0.717, 1.165) is 45.0 Å². The van der Waals surface area contributed by atoms with Gasteiger partial charge in [-0.15, -0.1) is 24.5 Å². The molecule has 0 fully saturated rings. The molecule has 4 aromatic rings. The molecule has 0 bridgehead atoms. The van der Waals surface area contributed by atoms with Crippen LogP contribution in [0.5, 0.6) is 11.7 Å². The van der Waals surface area contributed by atoms with Crippen LogP contribution in [0.3, 0.4) is 0 Å². The van der Waals surface area contributed by atoms with E-state index in [4.69, 9.17) is 5.73 Å². The molecule has 32 heavy (non-hydrogen) atoms. The number of pyridine rings is 1. The highest BCUT2D eigenvalue weighted by atomic mass is 32.1. The summed E-state index contributed by atoms with van der Waals surface area (Å²) in [4.78, 5) is 18.4. The third kappa shape index (κ3) is 3.62. The number of nitrogens with zero attached hydrogens (tertiary/aromatic N) is 3. The second-order valence-corrected chi connectivity index (χ2v) is 7.96. The van der Waals surface area contributed by atoms with Crippen molar-refractivity contribution in [3.8, 4) is 17.4 Å². The van der Waals surface area contributed by atoms with Crippen LogP contribution in [-0.4, -0.2) is 22.4 Å². The lowest BCUT2D eigenvalue weighted by atomic mass is 10.0. The van der Waals surface area contributed by atoms with E-state index in [0.29, 0.717) is 10.2 Å². The molecule has 0 saturated heterocycles. The Morgan fingerprint density at radius 3 is 2.47 bits per heavy atom. The van der Waals surface area contributed by atoms with Gasteiger partial charge in [0.15, 0.2) is 5.95 Å². The molecule has 0 aliphatic heterocycles. The van der Waals surface area contributed by atoms with Crippen LogP contribution in [0.25, 0.3) is 15.9 Å². The van der Waals surface area contributed by atoms with Crippen molar-refractivity contribution in [2.45, 2.75) is 27.1 Å². The van der Waals surface area contributed by atoms with Gasteiger partial charge in [-0.2, -0.15) is 0 Å². The highest BCUT2D eigenvalue weighted by molar-refractivity contribution is 7.21. The number of hydrogen-bond donors (Lipinski definition) is 1. The normalized spacial score (nSPS) is 11.8. The van der Waals surface area contributed by atoms with E-state index in [-0.39, 0.29) is 16.3 Å². The third-order valence-electron chi connectivity index (χ3n) is 5.02. The minimum absolute atomic E-state index is 0.0895. The van der Waals surface area contributed by atoms with Crippen LogP contribution in [0.2, 0.25) is 0 Å². The SMILES string of the molecule is Cc1nc2sc(C(=O)c3c([O-])on[n+]3-c3ccc(OC(F)(F)F)cc3)c(N)c2c(C)c1C. The number of hydrogen-bond acceptors (Lipinski definition) is 8. The molecule has 0 spiro atoms. The predicted octanol–water partition coefficient (Wildman–Crippen LogP) is 3.27. The lowest BCUT2D eigenvalue weighted by molar-refractivity contribution is -0.672. The fourth-order valence-corrected chi connectivity index (χ4v) is 4.39. The molecule has 0 aliphatic rings. The molecule has 4 rings (SSSR count). The molecule has 0 saturated carbocycles. The monoisotopic (exact) mass is 464 g/mol. The van der Waals surface area contributed by atoms with Crippen LogP contribution in [-0.2, 0) is 0 Å². The van der Waals surface area contributed by atoms with Gasteiger partial charge in [0.2, 0.25) is 5.69 Å². The summed E-state index contributed by atoms with van der Waals surface area (Å²) in [5.41, 5.74) is 8.71. The van der Waals surface area contributed by atoms with E-state index in [2.05, 4.69) is 19.5 Å². The summed E-state index contributed by atoms with van der Waals surface area (Å²) >= 11 is 1.04. The van der Waals surface area contributed by atoms with Crippen LogP contribution in [0.4, 0.5) is 18.9 Å². The quantitative estimate of drug-likeness (QED) is 0.364. The average molecular weight is 464 g/mol. The summed E-state index contributed by atoms with van der Waals surface area (Å²) in [6.07, 6.45) is -4.85. The molecule has 1 aromatic carbocycles. The molecule has 0 unspecified atom stereocenters. The van der Waals surface area contributed by atoms with Crippen molar-refractivity contribution in [1.82, 2.24) is 10.3 Å². The van der Waals surface area contributed by atoms with Crippen molar-refractivity contribution >= 4 is 33.0 Å². The molecule has 12 heteroatoms. The Hall–Kier alpha value is -3.67. The standard InChI is InChI=1S/C20H15F3N4O4S/c1-8-9(2)13-14(24)17(32-18(13)25-10(8)3)16(28)15-19(29)31-26-27(15)11-4-6-12(7-5-11)30-20(21,22)23/h4-7H,1-3H3,(H2-,24,26,28,29). The number of anilines is 1. The minimum Gasteiger partial charge on any atom is -0.539 e. The molecule has 166 valence electrons. The molecule has 0 atom stereocenters. The third-order valence-corrected chi connectivity index (χ3v) is 6.12. The van der Waals surface area contributed by atoms with Gasteiger partial charge >= 0.3 is 12.1 Å². The summed E-state index contributed by atoms with van der Waals surface area (Å²) in [6.45, 7) is 5.60. The number of aryl methyl sites for hydroxylation is 2. The lowest BCUT2D eigenvalue weighted by Gasteiger charge is -2.07. The molecule has 3 heterocycles. The number of ketones is 1. The van der Waals surface area contributed by atoms with Gasteiger partial charge in [-0.1, -0.05) is 0 Å². The van der Waals surface area contributed by atoms with Crippen LogP contribution in [0, 0.1) is 20.8 Å². The average Bonchev–Trinajstić information content (AvgIpc) is 3.25. The number of aromatic nitrogens is 3. The van der Waals surface area contributed by atoms with Gasteiger partial charge in [0.1, 0.15) is 15.5 Å². The van der Waals surface area contributed by atoms with E-state index < -0.39 is 29.5 Å². The van der Waals surface area contributed by atoms with Crippen molar-refractivity contribution in [3.05, 3.63) is 51.7 Å². The maximum absolute atomic E-state index is 13.3. The number of nitrogen functional groups attached to an aromatic ring is 1. The van der Waals surface area contributed by atoms with Crippen LogP contribution in [0.15, 0.2) is 28.8 Å². The first kappa shape index (κ1) is 21.6. The Morgan fingerprint density at radius 2 is 1.84 bits per heavy atom. The fourth-order valence-electron chi connectivity index (χ4n) is 3.25. The molecule has 2 N–H and O–H groups in total. The summed E-state index contributed by atoms with van der Waals surface area (Å²) in [7, 11) is 0. The zero-order valence-corrected chi connectivity index (χ0v) is 17.7.